The van der Waals surface area contributed by atoms with E-state index in [0.717, 1.165) is 4.47 Å². The van der Waals surface area contributed by atoms with E-state index >= 15 is 0 Å². The molecule has 0 atom stereocenters. The van der Waals surface area contributed by atoms with Crippen LogP contribution in [0.1, 0.15) is 0 Å². The molecule has 0 aliphatic heterocycles. The summed E-state index contributed by atoms with van der Waals surface area (Å²) in [6.07, 6.45) is 1.46. The van der Waals surface area contributed by atoms with Crippen LogP contribution >= 0.6 is 39.1 Å². The van der Waals surface area contributed by atoms with Crippen LogP contribution in [0.4, 0.5) is 17.3 Å². The molecular weight excluding hydrogens is 339 g/mol. The molecule has 0 saturated carbocycles. The molecule has 2 rings (SSSR count). The van der Waals surface area contributed by atoms with Crippen molar-refractivity contribution in [3.05, 3.63) is 39.0 Å². The number of hydrogen-bond donors (Lipinski definition) is 2. The first-order chi connectivity index (χ1) is 8.61. The van der Waals surface area contributed by atoms with Gasteiger partial charge in [0.25, 0.3) is 0 Å². The topological polar surface area (TPSA) is 49.8 Å². The summed E-state index contributed by atoms with van der Waals surface area (Å²) in [6.45, 7) is 0. The second-order valence-electron chi connectivity index (χ2n) is 3.38. The summed E-state index contributed by atoms with van der Waals surface area (Å²) in [5, 5.41) is 7.22. The summed E-state index contributed by atoms with van der Waals surface area (Å²) in [6, 6.07) is 5.18. The van der Waals surface area contributed by atoms with Gasteiger partial charge in [-0.2, -0.15) is 0 Å². The van der Waals surface area contributed by atoms with Crippen LogP contribution in [-0.4, -0.2) is 17.0 Å². The van der Waals surface area contributed by atoms with E-state index in [2.05, 4.69) is 36.5 Å². The van der Waals surface area contributed by atoms with Gasteiger partial charge >= 0.3 is 0 Å². The molecule has 18 heavy (non-hydrogen) atoms. The molecule has 0 spiro atoms. The second-order valence-corrected chi connectivity index (χ2v) is 5.02. The van der Waals surface area contributed by atoms with Crippen molar-refractivity contribution in [1.29, 1.82) is 0 Å². The van der Waals surface area contributed by atoms with Gasteiger partial charge in [0.05, 0.1) is 10.7 Å². The van der Waals surface area contributed by atoms with Crippen molar-refractivity contribution in [2.24, 2.45) is 0 Å². The first kappa shape index (κ1) is 13.4. The molecule has 0 radical (unpaired) electrons. The molecular formula is C11H9BrCl2N4. The van der Waals surface area contributed by atoms with Gasteiger partial charge in [0.1, 0.15) is 22.4 Å². The Bertz CT molecular complexity index is 577. The zero-order valence-electron chi connectivity index (χ0n) is 9.34. The highest BCUT2D eigenvalue weighted by Gasteiger charge is 2.09. The number of aromatic nitrogens is 2. The number of rotatable bonds is 3. The predicted molar refractivity (Wildman–Crippen MR) is 79.0 cm³/mol. The normalized spacial score (nSPS) is 10.2. The number of nitrogens with zero attached hydrogens (tertiary/aromatic N) is 2. The molecule has 0 aliphatic carbocycles. The van der Waals surface area contributed by atoms with Crippen molar-refractivity contribution < 1.29 is 0 Å². The van der Waals surface area contributed by atoms with Crippen LogP contribution in [0.5, 0.6) is 0 Å². The van der Waals surface area contributed by atoms with Crippen molar-refractivity contribution in [3.8, 4) is 0 Å². The van der Waals surface area contributed by atoms with Gasteiger partial charge in [-0.05, 0) is 34.1 Å². The van der Waals surface area contributed by atoms with Gasteiger partial charge in [-0.15, -0.1) is 0 Å². The third-order valence-corrected chi connectivity index (χ3v) is 3.52. The van der Waals surface area contributed by atoms with Gasteiger partial charge in [-0.3, -0.25) is 0 Å². The molecule has 1 aromatic carbocycles. The van der Waals surface area contributed by atoms with E-state index in [9.17, 15) is 0 Å². The Balaban J connectivity index is 2.37. The van der Waals surface area contributed by atoms with Crippen molar-refractivity contribution >= 4 is 56.5 Å². The van der Waals surface area contributed by atoms with Gasteiger partial charge in [-0.1, -0.05) is 23.2 Å². The first-order valence-electron chi connectivity index (χ1n) is 5.02. The molecule has 1 heterocycles. The number of benzene rings is 1. The van der Waals surface area contributed by atoms with E-state index in [1.165, 1.54) is 6.33 Å². The fourth-order valence-electron chi connectivity index (χ4n) is 1.35. The number of nitrogens with one attached hydrogen (secondary N) is 2. The number of halogens is 3. The summed E-state index contributed by atoms with van der Waals surface area (Å²) in [5.41, 5.74) is 0.686. The van der Waals surface area contributed by atoms with Gasteiger partial charge < -0.3 is 10.6 Å². The quantitative estimate of drug-likeness (QED) is 0.867. The Morgan fingerprint density at radius 1 is 1.17 bits per heavy atom. The number of hydrogen-bond acceptors (Lipinski definition) is 4. The first-order valence-corrected chi connectivity index (χ1v) is 6.57. The molecule has 0 amide bonds. The standard InChI is InChI=1S/C11H9BrCl2N4/c1-15-10-9(12)11(17-5-16-10)18-8-4-6(13)2-3-7(8)14/h2-5H,1H3,(H2,15,16,17,18). The maximum absolute atomic E-state index is 6.08. The molecule has 0 aliphatic rings. The zero-order valence-corrected chi connectivity index (χ0v) is 12.4. The molecule has 2 N–H and O–H groups in total. The van der Waals surface area contributed by atoms with Gasteiger partial charge in [0.2, 0.25) is 0 Å². The highest BCUT2D eigenvalue weighted by atomic mass is 79.9. The summed E-state index contributed by atoms with van der Waals surface area (Å²) in [7, 11) is 1.78. The number of anilines is 3. The Labute approximate surface area is 123 Å². The van der Waals surface area contributed by atoms with E-state index in [4.69, 9.17) is 23.2 Å². The molecule has 0 unspecified atom stereocenters. The van der Waals surface area contributed by atoms with Crippen LogP contribution in [0.2, 0.25) is 10.0 Å². The molecule has 0 bridgehead atoms. The fraction of sp³-hybridized carbons (Fsp3) is 0.0909. The lowest BCUT2D eigenvalue weighted by Gasteiger charge is -2.11. The summed E-state index contributed by atoms with van der Waals surface area (Å²) < 4.78 is 0.726. The molecule has 2 aromatic rings. The summed E-state index contributed by atoms with van der Waals surface area (Å²) in [4.78, 5) is 8.21. The third-order valence-electron chi connectivity index (χ3n) is 2.21. The maximum Gasteiger partial charge on any atom is 0.150 e. The molecule has 0 saturated heterocycles. The lowest BCUT2D eigenvalue weighted by atomic mass is 10.3. The third kappa shape index (κ3) is 2.85. The Kier molecular flexibility index (Phi) is 4.27. The monoisotopic (exact) mass is 346 g/mol. The van der Waals surface area contributed by atoms with E-state index in [-0.39, 0.29) is 0 Å². The molecule has 0 fully saturated rings. The van der Waals surface area contributed by atoms with Crippen molar-refractivity contribution in [2.75, 3.05) is 17.7 Å². The highest BCUT2D eigenvalue weighted by Crippen LogP contribution is 2.32. The Morgan fingerprint density at radius 3 is 2.61 bits per heavy atom. The minimum Gasteiger partial charge on any atom is -0.372 e. The molecule has 94 valence electrons. The summed E-state index contributed by atoms with van der Waals surface area (Å²) >= 11 is 15.4. The van der Waals surface area contributed by atoms with E-state index in [0.29, 0.717) is 27.4 Å². The van der Waals surface area contributed by atoms with Crippen LogP contribution in [0.3, 0.4) is 0 Å². The average Bonchev–Trinajstić information content (AvgIpc) is 2.36. The van der Waals surface area contributed by atoms with Crippen LogP contribution in [0.15, 0.2) is 29.0 Å². The van der Waals surface area contributed by atoms with Crippen LogP contribution in [0.25, 0.3) is 0 Å². The second kappa shape index (κ2) is 5.73. The molecule has 4 nitrogen and oxygen atoms in total. The highest BCUT2D eigenvalue weighted by molar-refractivity contribution is 9.10. The van der Waals surface area contributed by atoms with E-state index in [1.807, 2.05) is 0 Å². The summed E-state index contributed by atoms with van der Waals surface area (Å²) in [5.74, 6) is 1.30. The van der Waals surface area contributed by atoms with Gasteiger partial charge in [0, 0.05) is 12.1 Å². The average molecular weight is 348 g/mol. The van der Waals surface area contributed by atoms with Crippen LogP contribution < -0.4 is 10.6 Å². The van der Waals surface area contributed by atoms with Crippen LogP contribution in [0, 0.1) is 0 Å². The molecule has 1 aromatic heterocycles. The Hall–Kier alpha value is -1.04. The van der Waals surface area contributed by atoms with Crippen LogP contribution in [-0.2, 0) is 0 Å². The minimum absolute atomic E-state index is 0.566. The maximum atomic E-state index is 6.08. The largest absolute Gasteiger partial charge is 0.372 e. The van der Waals surface area contributed by atoms with Gasteiger partial charge in [-0.25, -0.2) is 9.97 Å². The minimum atomic E-state index is 0.566. The SMILES string of the molecule is CNc1ncnc(Nc2cc(Cl)ccc2Cl)c1Br. The van der Waals surface area contributed by atoms with E-state index in [1.54, 1.807) is 25.2 Å². The smallest absolute Gasteiger partial charge is 0.150 e. The Morgan fingerprint density at radius 2 is 1.89 bits per heavy atom. The fourth-order valence-corrected chi connectivity index (χ4v) is 2.19. The van der Waals surface area contributed by atoms with Crippen molar-refractivity contribution in [1.82, 2.24) is 9.97 Å². The lowest BCUT2D eigenvalue weighted by molar-refractivity contribution is 1.14. The van der Waals surface area contributed by atoms with E-state index < -0.39 is 0 Å². The van der Waals surface area contributed by atoms with Crippen molar-refractivity contribution in [3.63, 3.8) is 0 Å². The predicted octanol–water partition coefficient (Wildman–Crippen LogP) is 4.33. The molecule has 7 heteroatoms. The van der Waals surface area contributed by atoms with Gasteiger partial charge in [0.15, 0.2) is 0 Å². The van der Waals surface area contributed by atoms with Crippen molar-refractivity contribution in [2.45, 2.75) is 0 Å². The zero-order chi connectivity index (χ0) is 13.1. The lowest BCUT2D eigenvalue weighted by Crippen LogP contribution is -2.00.